The summed E-state index contributed by atoms with van der Waals surface area (Å²) in [5.74, 6) is 0. The van der Waals surface area contributed by atoms with Crippen molar-refractivity contribution in [3.8, 4) is 0 Å². The lowest BCUT2D eigenvalue weighted by atomic mass is 9.90. The molecule has 0 aliphatic rings. The second kappa shape index (κ2) is 4.19. The van der Waals surface area contributed by atoms with Gasteiger partial charge in [0.1, 0.15) is 0 Å². The second-order valence-corrected chi connectivity index (χ2v) is 4.63. The Morgan fingerprint density at radius 2 is 2.58 bits per heavy atom. The molecule has 0 aliphatic heterocycles. The van der Waals surface area contributed by atoms with Crippen molar-refractivity contribution in [3.05, 3.63) is 29.2 Å². The molecule has 1 atom stereocenters. The third-order valence-corrected chi connectivity index (χ3v) is 3.90. The van der Waals surface area contributed by atoms with Crippen LogP contribution >= 0.6 is 27.3 Å². The van der Waals surface area contributed by atoms with Crippen molar-refractivity contribution in [1.82, 2.24) is 4.98 Å². The van der Waals surface area contributed by atoms with Crippen molar-refractivity contribution < 1.29 is 0 Å². The van der Waals surface area contributed by atoms with Crippen molar-refractivity contribution in [3.63, 3.8) is 0 Å². The molecule has 0 saturated heterocycles. The van der Waals surface area contributed by atoms with E-state index in [4.69, 9.17) is 0 Å². The molecule has 0 spiro atoms. The molecule has 1 aromatic rings. The minimum Gasteiger partial charge on any atom is -0.250 e. The van der Waals surface area contributed by atoms with Gasteiger partial charge in [-0.15, -0.1) is 17.9 Å². The number of rotatable bonds is 4. The molecular weight excluding hydrogens is 234 g/mol. The Kier molecular flexibility index (Phi) is 3.47. The number of hydrogen-bond acceptors (Lipinski definition) is 2. The van der Waals surface area contributed by atoms with Gasteiger partial charge in [-0.25, -0.2) is 4.98 Å². The molecule has 0 saturated carbocycles. The first-order valence-corrected chi connectivity index (χ1v) is 5.78. The van der Waals surface area contributed by atoms with Gasteiger partial charge in [0, 0.05) is 28.7 Å². The zero-order chi connectivity index (χ0) is 9.03. The molecule has 0 radical (unpaired) electrons. The van der Waals surface area contributed by atoms with Gasteiger partial charge in [0.05, 0.1) is 5.01 Å². The largest absolute Gasteiger partial charge is 0.250 e. The lowest BCUT2D eigenvalue weighted by molar-refractivity contribution is 0.492. The Morgan fingerprint density at radius 1 is 1.83 bits per heavy atom. The zero-order valence-electron chi connectivity index (χ0n) is 7.09. The van der Waals surface area contributed by atoms with Gasteiger partial charge in [-0.1, -0.05) is 28.9 Å². The lowest BCUT2D eigenvalue weighted by Crippen LogP contribution is -2.17. The second-order valence-electron chi connectivity index (χ2n) is 3.09. The number of allylic oxidation sites excluding steroid dienone is 1. The molecular formula is C9H12BrNS. The first-order chi connectivity index (χ1) is 5.70. The maximum absolute atomic E-state index is 4.25. The van der Waals surface area contributed by atoms with E-state index in [0.717, 1.165) is 11.8 Å². The average Bonchev–Trinajstić information content (AvgIpc) is 2.57. The van der Waals surface area contributed by atoms with Gasteiger partial charge in [-0.05, 0) is 0 Å². The topological polar surface area (TPSA) is 12.9 Å². The van der Waals surface area contributed by atoms with Crippen LogP contribution in [0.25, 0.3) is 0 Å². The van der Waals surface area contributed by atoms with Gasteiger partial charge in [0.25, 0.3) is 0 Å². The standard InChI is InChI=1S/C9H12BrNS/c1-3-9(2,7-10)6-8-11-4-5-12-8/h3-5H,1,6-7H2,2H3. The summed E-state index contributed by atoms with van der Waals surface area (Å²) in [5, 5.41) is 4.12. The lowest BCUT2D eigenvalue weighted by Gasteiger charge is -2.20. The van der Waals surface area contributed by atoms with Crippen molar-refractivity contribution in [1.29, 1.82) is 0 Å². The van der Waals surface area contributed by atoms with Crippen LogP contribution in [0.5, 0.6) is 0 Å². The predicted molar refractivity (Wildman–Crippen MR) is 57.9 cm³/mol. The normalized spacial score (nSPS) is 15.5. The van der Waals surface area contributed by atoms with Crippen LogP contribution in [0.2, 0.25) is 0 Å². The van der Waals surface area contributed by atoms with E-state index in [2.05, 4.69) is 34.4 Å². The Bertz CT molecular complexity index is 245. The minimum absolute atomic E-state index is 0.137. The summed E-state index contributed by atoms with van der Waals surface area (Å²) in [6.45, 7) is 6.01. The van der Waals surface area contributed by atoms with Crippen LogP contribution in [0.4, 0.5) is 0 Å². The van der Waals surface area contributed by atoms with Crippen LogP contribution in [0, 0.1) is 5.41 Å². The molecule has 1 aromatic heterocycles. The highest BCUT2D eigenvalue weighted by Gasteiger charge is 2.20. The van der Waals surface area contributed by atoms with E-state index in [-0.39, 0.29) is 5.41 Å². The van der Waals surface area contributed by atoms with Gasteiger partial charge in [-0.2, -0.15) is 0 Å². The van der Waals surface area contributed by atoms with E-state index in [1.165, 1.54) is 5.01 Å². The summed E-state index contributed by atoms with van der Waals surface area (Å²) in [6.07, 6.45) is 4.81. The van der Waals surface area contributed by atoms with Crippen LogP contribution in [0.3, 0.4) is 0 Å². The fraction of sp³-hybridized carbons (Fsp3) is 0.444. The van der Waals surface area contributed by atoms with Gasteiger partial charge >= 0.3 is 0 Å². The summed E-state index contributed by atoms with van der Waals surface area (Å²) >= 11 is 5.18. The molecule has 1 nitrogen and oxygen atoms in total. The molecule has 0 aliphatic carbocycles. The van der Waals surface area contributed by atoms with Crippen LogP contribution in [0.1, 0.15) is 11.9 Å². The monoisotopic (exact) mass is 245 g/mol. The highest BCUT2D eigenvalue weighted by Crippen LogP contribution is 2.26. The fourth-order valence-electron chi connectivity index (χ4n) is 0.860. The van der Waals surface area contributed by atoms with E-state index in [1.807, 2.05) is 17.7 Å². The number of aromatic nitrogens is 1. The summed E-state index contributed by atoms with van der Waals surface area (Å²) in [5.41, 5.74) is 0.137. The Hall–Kier alpha value is -0.150. The first-order valence-electron chi connectivity index (χ1n) is 3.78. The van der Waals surface area contributed by atoms with Crippen molar-refractivity contribution in [2.45, 2.75) is 13.3 Å². The Balaban J connectivity index is 2.66. The summed E-state index contributed by atoms with van der Waals surface area (Å²) < 4.78 is 0. The number of hydrogen-bond donors (Lipinski definition) is 0. The summed E-state index contributed by atoms with van der Waals surface area (Å²) in [6, 6.07) is 0. The van der Waals surface area contributed by atoms with Crippen molar-refractivity contribution in [2.24, 2.45) is 5.41 Å². The molecule has 1 rings (SSSR count). The van der Waals surface area contributed by atoms with Crippen LogP contribution in [0.15, 0.2) is 24.2 Å². The van der Waals surface area contributed by atoms with E-state index >= 15 is 0 Å². The maximum atomic E-state index is 4.25. The number of alkyl halides is 1. The molecule has 3 heteroatoms. The SMILES string of the molecule is C=CC(C)(CBr)Cc1nccs1. The van der Waals surface area contributed by atoms with Crippen molar-refractivity contribution >= 4 is 27.3 Å². The third kappa shape index (κ3) is 2.42. The highest BCUT2D eigenvalue weighted by molar-refractivity contribution is 9.09. The number of nitrogens with zero attached hydrogens (tertiary/aromatic N) is 1. The smallest absolute Gasteiger partial charge is 0.0933 e. The van der Waals surface area contributed by atoms with Gasteiger partial charge < -0.3 is 0 Å². The minimum atomic E-state index is 0.137. The van der Waals surface area contributed by atoms with Crippen LogP contribution < -0.4 is 0 Å². The van der Waals surface area contributed by atoms with Crippen LogP contribution in [-0.2, 0) is 6.42 Å². The molecule has 12 heavy (non-hydrogen) atoms. The molecule has 0 amide bonds. The van der Waals surface area contributed by atoms with Crippen LogP contribution in [-0.4, -0.2) is 10.3 Å². The van der Waals surface area contributed by atoms with Gasteiger partial charge in [-0.3, -0.25) is 0 Å². The van der Waals surface area contributed by atoms with E-state index in [0.29, 0.717) is 0 Å². The molecule has 0 bridgehead atoms. The van der Waals surface area contributed by atoms with Gasteiger partial charge in [0.15, 0.2) is 0 Å². The van der Waals surface area contributed by atoms with E-state index in [1.54, 1.807) is 11.3 Å². The molecule has 0 N–H and O–H groups in total. The Labute approximate surface area is 85.7 Å². The fourth-order valence-corrected chi connectivity index (χ4v) is 2.10. The highest BCUT2D eigenvalue weighted by atomic mass is 79.9. The molecule has 1 heterocycles. The summed E-state index contributed by atoms with van der Waals surface area (Å²) in [7, 11) is 0. The number of halogens is 1. The average molecular weight is 246 g/mol. The van der Waals surface area contributed by atoms with Gasteiger partial charge in [0.2, 0.25) is 0 Å². The first kappa shape index (κ1) is 9.93. The number of thiazole rings is 1. The Morgan fingerprint density at radius 3 is 3.00 bits per heavy atom. The van der Waals surface area contributed by atoms with E-state index in [9.17, 15) is 0 Å². The quantitative estimate of drug-likeness (QED) is 0.587. The van der Waals surface area contributed by atoms with Crippen molar-refractivity contribution in [2.75, 3.05) is 5.33 Å². The third-order valence-electron chi connectivity index (χ3n) is 1.84. The predicted octanol–water partition coefficient (Wildman–Crippen LogP) is 3.27. The zero-order valence-corrected chi connectivity index (χ0v) is 9.49. The molecule has 0 fully saturated rings. The maximum Gasteiger partial charge on any atom is 0.0933 e. The summed E-state index contributed by atoms with van der Waals surface area (Å²) in [4.78, 5) is 4.25. The van der Waals surface area contributed by atoms with E-state index < -0.39 is 0 Å². The molecule has 1 unspecified atom stereocenters. The molecule has 66 valence electrons. The molecule has 0 aromatic carbocycles.